The Morgan fingerprint density at radius 1 is 1.33 bits per heavy atom. The van der Waals surface area contributed by atoms with Gasteiger partial charge in [0.15, 0.2) is 0 Å². The third-order valence-electron chi connectivity index (χ3n) is 4.47. The minimum absolute atomic E-state index is 0.115. The molecule has 1 aliphatic rings. The van der Waals surface area contributed by atoms with Gasteiger partial charge in [-0.1, -0.05) is 6.08 Å². The second-order valence-corrected chi connectivity index (χ2v) is 6.83. The first-order valence-corrected chi connectivity index (χ1v) is 7.95. The molecule has 1 aromatic rings. The lowest BCUT2D eigenvalue weighted by Gasteiger charge is -2.32. The highest BCUT2D eigenvalue weighted by Gasteiger charge is 2.52. The van der Waals surface area contributed by atoms with Crippen molar-refractivity contribution in [3.05, 3.63) is 29.5 Å². The van der Waals surface area contributed by atoms with Crippen LogP contribution in [-0.4, -0.2) is 42.9 Å². The molecule has 0 bridgehead atoms. The zero-order valence-corrected chi connectivity index (χ0v) is 15.2. The molecule has 7 heteroatoms. The summed E-state index contributed by atoms with van der Waals surface area (Å²) in [4.78, 5) is 15.5. The van der Waals surface area contributed by atoms with Crippen LogP contribution in [0.3, 0.4) is 0 Å². The Bertz CT molecular complexity index is 627. The molecule has 1 amide bonds. The van der Waals surface area contributed by atoms with Crippen LogP contribution < -0.4 is 10.1 Å². The molecule has 0 saturated carbocycles. The van der Waals surface area contributed by atoms with E-state index in [1.54, 1.807) is 25.6 Å². The van der Waals surface area contributed by atoms with Gasteiger partial charge >= 0.3 is 7.12 Å². The number of ether oxygens (including phenoxy) is 1. The Labute approximate surface area is 143 Å². The van der Waals surface area contributed by atoms with Crippen molar-refractivity contribution in [2.75, 3.05) is 13.7 Å². The van der Waals surface area contributed by atoms with Crippen molar-refractivity contribution in [1.82, 2.24) is 10.3 Å². The van der Waals surface area contributed by atoms with Crippen molar-refractivity contribution in [3.63, 3.8) is 0 Å². The number of aromatic nitrogens is 1. The Hall–Kier alpha value is -1.86. The molecular formula is C17H25BN2O4. The van der Waals surface area contributed by atoms with E-state index in [1.807, 2.05) is 33.8 Å². The minimum atomic E-state index is -0.549. The third kappa shape index (κ3) is 3.97. The first-order valence-electron chi connectivity index (χ1n) is 7.95. The van der Waals surface area contributed by atoms with Crippen LogP contribution in [0.15, 0.2) is 23.9 Å². The molecule has 1 N–H and O–H groups in total. The highest BCUT2D eigenvalue weighted by Crippen LogP contribution is 2.39. The molecule has 24 heavy (non-hydrogen) atoms. The van der Waals surface area contributed by atoms with E-state index in [-0.39, 0.29) is 5.91 Å². The zero-order valence-electron chi connectivity index (χ0n) is 15.2. The van der Waals surface area contributed by atoms with Crippen LogP contribution in [0.5, 0.6) is 5.75 Å². The van der Waals surface area contributed by atoms with Gasteiger partial charge in [0.1, 0.15) is 5.75 Å². The van der Waals surface area contributed by atoms with Gasteiger partial charge in [-0.3, -0.25) is 9.78 Å². The molecule has 1 aliphatic heterocycles. The number of nitrogens with one attached hydrogen (secondary N) is 1. The quantitative estimate of drug-likeness (QED) is 0.838. The number of carbonyl (C=O) groups is 1. The van der Waals surface area contributed by atoms with Gasteiger partial charge in [0, 0.05) is 31.4 Å². The summed E-state index contributed by atoms with van der Waals surface area (Å²) in [7, 11) is 1.06. The summed E-state index contributed by atoms with van der Waals surface area (Å²) >= 11 is 0. The first kappa shape index (κ1) is 18.5. The molecule has 2 rings (SSSR count). The molecule has 1 fully saturated rings. The van der Waals surface area contributed by atoms with Gasteiger partial charge in [-0.25, -0.2) is 0 Å². The Kier molecular flexibility index (Phi) is 5.35. The smallest absolute Gasteiger partial charge is 0.492 e. The summed E-state index contributed by atoms with van der Waals surface area (Å²) in [5.41, 5.74) is 0.697. The van der Waals surface area contributed by atoms with Crippen LogP contribution in [0, 0.1) is 0 Å². The molecule has 0 radical (unpaired) electrons. The van der Waals surface area contributed by atoms with Crippen LogP contribution >= 0.6 is 0 Å². The van der Waals surface area contributed by atoms with Gasteiger partial charge in [-0.2, -0.15) is 0 Å². The van der Waals surface area contributed by atoms with Gasteiger partial charge in [-0.15, -0.1) is 0 Å². The SMILES string of the molecule is COc1ccncc1C=C(CNC(C)=O)B1OC(C)(C)C(C)(C)O1. The standard InChI is InChI=1S/C17H25BN2O4/c1-12(21)20-11-14(9-13-10-19-8-7-15(13)22-6)18-23-16(2,3)17(4,5)24-18/h7-10H,11H2,1-6H3,(H,20,21). The molecule has 130 valence electrons. The summed E-state index contributed by atoms with van der Waals surface area (Å²) in [6, 6.07) is 1.78. The Morgan fingerprint density at radius 3 is 2.50 bits per heavy atom. The van der Waals surface area contributed by atoms with Gasteiger partial charge in [0.2, 0.25) is 5.91 Å². The second-order valence-electron chi connectivity index (χ2n) is 6.83. The number of methoxy groups -OCH3 is 1. The lowest BCUT2D eigenvalue weighted by molar-refractivity contribution is -0.118. The third-order valence-corrected chi connectivity index (χ3v) is 4.47. The molecule has 0 atom stereocenters. The largest absolute Gasteiger partial charge is 0.496 e. The van der Waals surface area contributed by atoms with Crippen LogP contribution in [0.2, 0.25) is 0 Å². The number of amides is 1. The van der Waals surface area contributed by atoms with Gasteiger partial charge < -0.3 is 19.4 Å². The maximum absolute atomic E-state index is 11.3. The fraction of sp³-hybridized carbons (Fsp3) is 0.529. The molecule has 0 spiro atoms. The summed E-state index contributed by atoms with van der Waals surface area (Å²) in [6.45, 7) is 9.78. The predicted molar refractivity (Wildman–Crippen MR) is 93.5 cm³/mol. The van der Waals surface area contributed by atoms with E-state index in [9.17, 15) is 4.79 Å². The average Bonchev–Trinajstić information content (AvgIpc) is 2.71. The monoisotopic (exact) mass is 332 g/mol. The lowest BCUT2D eigenvalue weighted by atomic mass is 9.77. The number of hydrogen-bond donors (Lipinski definition) is 1. The van der Waals surface area contributed by atoms with Crippen LogP contribution in [0.25, 0.3) is 6.08 Å². The molecule has 0 unspecified atom stereocenters. The fourth-order valence-corrected chi connectivity index (χ4v) is 2.31. The minimum Gasteiger partial charge on any atom is -0.496 e. The first-order chi connectivity index (χ1) is 11.2. The van der Waals surface area contributed by atoms with E-state index in [4.69, 9.17) is 14.0 Å². The van der Waals surface area contributed by atoms with Crippen molar-refractivity contribution in [1.29, 1.82) is 0 Å². The van der Waals surface area contributed by atoms with E-state index in [2.05, 4.69) is 10.3 Å². The van der Waals surface area contributed by atoms with E-state index in [0.717, 1.165) is 11.0 Å². The summed E-state index contributed by atoms with van der Waals surface area (Å²) in [6.07, 6.45) is 5.26. The van der Waals surface area contributed by atoms with Crippen LogP contribution in [0.1, 0.15) is 40.2 Å². The molecule has 6 nitrogen and oxygen atoms in total. The lowest BCUT2D eigenvalue weighted by Crippen LogP contribution is -2.41. The Morgan fingerprint density at radius 2 is 1.96 bits per heavy atom. The van der Waals surface area contributed by atoms with Crippen LogP contribution in [-0.2, 0) is 14.1 Å². The fourth-order valence-electron chi connectivity index (χ4n) is 2.31. The van der Waals surface area contributed by atoms with E-state index in [1.165, 1.54) is 6.92 Å². The molecule has 0 aliphatic carbocycles. The maximum atomic E-state index is 11.3. The summed E-state index contributed by atoms with van der Waals surface area (Å²) < 4.78 is 17.6. The van der Waals surface area contributed by atoms with Crippen molar-refractivity contribution < 1.29 is 18.8 Å². The van der Waals surface area contributed by atoms with E-state index < -0.39 is 18.3 Å². The molecule has 1 saturated heterocycles. The highest BCUT2D eigenvalue weighted by atomic mass is 16.7. The van der Waals surface area contributed by atoms with Crippen LogP contribution in [0.4, 0.5) is 0 Å². The van der Waals surface area contributed by atoms with E-state index in [0.29, 0.717) is 12.3 Å². The number of pyridine rings is 1. The van der Waals surface area contributed by atoms with Gasteiger partial charge in [-0.05, 0) is 39.2 Å². The zero-order chi connectivity index (χ0) is 18.0. The average molecular weight is 332 g/mol. The number of carbonyl (C=O) groups excluding carboxylic acids is 1. The normalized spacial score (nSPS) is 19.2. The predicted octanol–water partition coefficient (Wildman–Crippen LogP) is 2.24. The summed E-state index contributed by atoms with van der Waals surface area (Å²) in [5.74, 6) is 0.581. The summed E-state index contributed by atoms with van der Waals surface area (Å²) in [5, 5.41) is 2.81. The van der Waals surface area contributed by atoms with Crippen molar-refractivity contribution >= 4 is 19.1 Å². The Balaban J connectivity index is 2.35. The number of hydrogen-bond acceptors (Lipinski definition) is 5. The van der Waals surface area contributed by atoms with Crippen molar-refractivity contribution in [2.45, 2.75) is 45.8 Å². The van der Waals surface area contributed by atoms with Gasteiger partial charge in [0.25, 0.3) is 0 Å². The second kappa shape index (κ2) is 6.95. The highest BCUT2D eigenvalue weighted by molar-refractivity contribution is 6.56. The van der Waals surface area contributed by atoms with E-state index >= 15 is 0 Å². The molecule has 0 aromatic carbocycles. The van der Waals surface area contributed by atoms with Crippen molar-refractivity contribution in [3.8, 4) is 5.75 Å². The maximum Gasteiger partial charge on any atom is 0.492 e. The molecular weight excluding hydrogens is 307 g/mol. The number of nitrogens with zero attached hydrogens (tertiary/aromatic N) is 1. The van der Waals surface area contributed by atoms with Gasteiger partial charge in [0.05, 0.1) is 18.3 Å². The van der Waals surface area contributed by atoms with Crippen molar-refractivity contribution in [2.24, 2.45) is 0 Å². The topological polar surface area (TPSA) is 69.7 Å². The molecule has 1 aromatic heterocycles. The number of rotatable bonds is 5. The molecule has 2 heterocycles.